The molecule has 6 rings (SSSR count). The van der Waals surface area contributed by atoms with Crippen LogP contribution < -0.4 is 0 Å². The van der Waals surface area contributed by atoms with E-state index in [2.05, 4.69) is 126 Å². The quantitative estimate of drug-likeness (QED) is 0.281. The molecule has 2 nitrogen and oxygen atoms in total. The summed E-state index contributed by atoms with van der Waals surface area (Å²) < 4.78 is 2.08. The Labute approximate surface area is 193 Å². The number of nitrogens with zero attached hydrogens (tertiary/aromatic N) is 2. The van der Waals surface area contributed by atoms with Crippen molar-refractivity contribution in [2.24, 2.45) is 0 Å². The van der Waals surface area contributed by atoms with Crippen molar-refractivity contribution in [2.75, 3.05) is 0 Å². The van der Waals surface area contributed by atoms with Gasteiger partial charge in [0.05, 0.1) is 16.9 Å². The molecule has 0 fully saturated rings. The summed E-state index contributed by atoms with van der Waals surface area (Å²) in [6.07, 6.45) is 0. The summed E-state index contributed by atoms with van der Waals surface area (Å²) in [5.74, 6) is 0. The lowest BCUT2D eigenvalue weighted by Gasteiger charge is -2.10. The van der Waals surface area contributed by atoms with Crippen molar-refractivity contribution in [3.8, 4) is 39.2 Å². The average Bonchev–Trinajstić information content (AvgIpc) is 3.29. The van der Waals surface area contributed by atoms with Gasteiger partial charge in [0.25, 0.3) is 0 Å². The molecule has 0 amide bonds. The van der Waals surface area contributed by atoms with E-state index < -0.39 is 0 Å². The van der Waals surface area contributed by atoms with Gasteiger partial charge < -0.3 is 0 Å². The molecule has 0 radical (unpaired) electrons. The molecular formula is C31H22N2. The SMILES string of the molecule is c1ccc(-c2cccc(-n3nc4cc(-c5ccccc5)ccc4c3-c3ccccc3)c2)cc1. The van der Waals surface area contributed by atoms with Crippen LogP contribution in [0.2, 0.25) is 0 Å². The van der Waals surface area contributed by atoms with Gasteiger partial charge in [0.1, 0.15) is 0 Å². The van der Waals surface area contributed by atoms with E-state index in [-0.39, 0.29) is 0 Å². The van der Waals surface area contributed by atoms with Gasteiger partial charge in [-0.2, -0.15) is 5.10 Å². The topological polar surface area (TPSA) is 17.8 Å². The van der Waals surface area contributed by atoms with Crippen LogP contribution >= 0.6 is 0 Å². The van der Waals surface area contributed by atoms with E-state index in [0.29, 0.717) is 0 Å². The molecule has 0 aliphatic rings. The Bertz CT molecular complexity index is 1530. The van der Waals surface area contributed by atoms with E-state index in [1.807, 2.05) is 12.1 Å². The molecule has 5 aromatic carbocycles. The van der Waals surface area contributed by atoms with Crippen LogP contribution in [0.4, 0.5) is 0 Å². The van der Waals surface area contributed by atoms with Crippen molar-refractivity contribution < 1.29 is 0 Å². The zero-order valence-electron chi connectivity index (χ0n) is 18.1. The fourth-order valence-electron chi connectivity index (χ4n) is 4.41. The van der Waals surface area contributed by atoms with E-state index in [9.17, 15) is 0 Å². The molecule has 0 unspecified atom stereocenters. The normalized spacial score (nSPS) is 11.0. The predicted molar refractivity (Wildman–Crippen MR) is 137 cm³/mol. The first-order chi connectivity index (χ1) is 16.4. The first-order valence-corrected chi connectivity index (χ1v) is 11.2. The molecule has 1 aromatic heterocycles. The van der Waals surface area contributed by atoms with Crippen LogP contribution in [0.15, 0.2) is 133 Å². The van der Waals surface area contributed by atoms with Crippen molar-refractivity contribution in [1.82, 2.24) is 9.78 Å². The molecule has 156 valence electrons. The Morgan fingerprint density at radius 2 is 0.970 bits per heavy atom. The van der Waals surface area contributed by atoms with Crippen molar-refractivity contribution in [1.29, 1.82) is 0 Å². The third-order valence-corrected chi connectivity index (χ3v) is 6.02. The summed E-state index contributed by atoms with van der Waals surface area (Å²) in [5, 5.41) is 6.24. The van der Waals surface area contributed by atoms with E-state index >= 15 is 0 Å². The minimum Gasteiger partial charge on any atom is -0.232 e. The fourth-order valence-corrected chi connectivity index (χ4v) is 4.41. The molecule has 6 aromatic rings. The van der Waals surface area contributed by atoms with Crippen LogP contribution in [0.25, 0.3) is 50.1 Å². The molecular weight excluding hydrogens is 400 g/mol. The molecule has 0 spiro atoms. The highest BCUT2D eigenvalue weighted by atomic mass is 15.3. The molecule has 0 saturated carbocycles. The summed E-state index contributed by atoms with van der Waals surface area (Å²) in [7, 11) is 0. The summed E-state index contributed by atoms with van der Waals surface area (Å²) in [5.41, 5.74) is 9.04. The highest BCUT2D eigenvalue weighted by Crippen LogP contribution is 2.34. The maximum Gasteiger partial charge on any atom is 0.0940 e. The molecule has 0 aliphatic heterocycles. The van der Waals surface area contributed by atoms with Gasteiger partial charge in [-0.25, -0.2) is 4.68 Å². The van der Waals surface area contributed by atoms with Gasteiger partial charge in [-0.05, 0) is 46.5 Å². The summed E-state index contributed by atoms with van der Waals surface area (Å²) >= 11 is 0. The summed E-state index contributed by atoms with van der Waals surface area (Å²) in [6, 6.07) is 46.6. The maximum absolute atomic E-state index is 5.10. The number of hydrogen-bond acceptors (Lipinski definition) is 1. The van der Waals surface area contributed by atoms with E-state index in [1.54, 1.807) is 0 Å². The Morgan fingerprint density at radius 1 is 0.424 bits per heavy atom. The molecule has 0 saturated heterocycles. The van der Waals surface area contributed by atoms with Gasteiger partial charge in [-0.3, -0.25) is 0 Å². The van der Waals surface area contributed by atoms with Crippen molar-refractivity contribution in [3.05, 3.63) is 133 Å². The molecule has 0 atom stereocenters. The number of rotatable bonds is 4. The van der Waals surface area contributed by atoms with E-state index in [0.717, 1.165) is 27.8 Å². The lowest BCUT2D eigenvalue weighted by molar-refractivity contribution is 0.904. The molecule has 0 aliphatic carbocycles. The molecule has 2 heteroatoms. The van der Waals surface area contributed by atoms with Crippen molar-refractivity contribution in [2.45, 2.75) is 0 Å². The van der Waals surface area contributed by atoms with Gasteiger partial charge in [0, 0.05) is 10.9 Å². The Morgan fingerprint density at radius 3 is 1.61 bits per heavy atom. The maximum atomic E-state index is 5.10. The lowest BCUT2D eigenvalue weighted by atomic mass is 10.0. The van der Waals surface area contributed by atoms with Gasteiger partial charge >= 0.3 is 0 Å². The second-order valence-corrected chi connectivity index (χ2v) is 8.14. The Balaban J connectivity index is 1.57. The van der Waals surface area contributed by atoms with Crippen LogP contribution in [0, 0.1) is 0 Å². The first-order valence-electron chi connectivity index (χ1n) is 11.2. The largest absolute Gasteiger partial charge is 0.232 e. The molecule has 1 heterocycles. The lowest BCUT2D eigenvalue weighted by Crippen LogP contribution is -1.99. The van der Waals surface area contributed by atoms with E-state index in [1.165, 1.54) is 22.3 Å². The minimum atomic E-state index is 0.986. The number of aromatic nitrogens is 2. The van der Waals surface area contributed by atoms with Crippen LogP contribution in [0.5, 0.6) is 0 Å². The molecule has 0 bridgehead atoms. The molecule has 33 heavy (non-hydrogen) atoms. The second-order valence-electron chi connectivity index (χ2n) is 8.14. The number of fused-ring (bicyclic) bond motifs is 1. The fraction of sp³-hybridized carbons (Fsp3) is 0. The zero-order valence-corrected chi connectivity index (χ0v) is 18.1. The van der Waals surface area contributed by atoms with Crippen LogP contribution in [-0.2, 0) is 0 Å². The highest BCUT2D eigenvalue weighted by Gasteiger charge is 2.16. The van der Waals surface area contributed by atoms with Crippen molar-refractivity contribution >= 4 is 10.9 Å². The van der Waals surface area contributed by atoms with Gasteiger partial charge in [0.2, 0.25) is 0 Å². The van der Waals surface area contributed by atoms with Crippen LogP contribution in [0.3, 0.4) is 0 Å². The Kier molecular flexibility index (Phi) is 4.82. The van der Waals surface area contributed by atoms with Crippen LogP contribution in [0.1, 0.15) is 0 Å². The minimum absolute atomic E-state index is 0.986. The monoisotopic (exact) mass is 422 g/mol. The molecule has 0 N–H and O–H groups in total. The van der Waals surface area contributed by atoms with Gasteiger partial charge in [-0.15, -0.1) is 0 Å². The highest BCUT2D eigenvalue weighted by molar-refractivity contribution is 5.96. The van der Waals surface area contributed by atoms with Crippen LogP contribution in [-0.4, -0.2) is 9.78 Å². The van der Waals surface area contributed by atoms with Gasteiger partial charge in [0.15, 0.2) is 0 Å². The number of benzene rings is 5. The third kappa shape index (κ3) is 3.62. The summed E-state index contributed by atoms with van der Waals surface area (Å²) in [4.78, 5) is 0. The third-order valence-electron chi connectivity index (χ3n) is 6.02. The Hall–Kier alpha value is -4.43. The predicted octanol–water partition coefficient (Wildman–Crippen LogP) is 8.03. The first kappa shape index (κ1) is 19.3. The van der Waals surface area contributed by atoms with Crippen molar-refractivity contribution in [3.63, 3.8) is 0 Å². The smallest absolute Gasteiger partial charge is 0.0940 e. The van der Waals surface area contributed by atoms with E-state index in [4.69, 9.17) is 5.10 Å². The standard InChI is InChI=1S/C31H22N2/c1-4-11-23(12-5-1)26-17-10-18-28(21-26)33-31(25-15-8-3-9-16-25)29-20-19-27(22-30(29)32-33)24-13-6-2-7-14-24/h1-22H. The average molecular weight is 423 g/mol. The van der Waals surface area contributed by atoms with Gasteiger partial charge in [-0.1, -0.05) is 109 Å². The summed E-state index contributed by atoms with van der Waals surface area (Å²) in [6.45, 7) is 0. The zero-order chi connectivity index (χ0) is 22.0. The number of hydrogen-bond donors (Lipinski definition) is 0. The second kappa shape index (κ2) is 8.25.